The molecule has 13 heteroatoms. The molecule has 0 aliphatic heterocycles. The van der Waals surface area contributed by atoms with Gasteiger partial charge in [0.25, 0.3) is 11.6 Å². The fourth-order valence-corrected chi connectivity index (χ4v) is 4.05. The fourth-order valence-electron chi connectivity index (χ4n) is 3.03. The highest BCUT2D eigenvalue weighted by atomic mass is 35.5. The summed E-state index contributed by atoms with van der Waals surface area (Å²) < 4.78 is 1.69. The lowest BCUT2D eigenvalue weighted by molar-refractivity contribution is -0.384. The van der Waals surface area contributed by atoms with Gasteiger partial charge in [0.1, 0.15) is 0 Å². The van der Waals surface area contributed by atoms with Crippen LogP contribution in [0.1, 0.15) is 34.7 Å². The van der Waals surface area contributed by atoms with E-state index in [2.05, 4.69) is 20.8 Å². The first kappa shape index (κ1) is 25.5. The SMILES string of the molecule is Cc1cc([N+](=O)[O-])ccc1NC(=O)CSc1nnc(C(C)NC(=O)c2ccc(Cl)c(Cl)c2)n1C. The summed E-state index contributed by atoms with van der Waals surface area (Å²) in [5, 5.41) is 25.8. The van der Waals surface area contributed by atoms with Crippen molar-refractivity contribution in [2.45, 2.75) is 25.0 Å². The number of amides is 2. The average molecular weight is 523 g/mol. The molecular formula is C21H20Cl2N6O4S. The molecule has 1 aromatic heterocycles. The molecule has 1 heterocycles. The molecule has 2 amide bonds. The Morgan fingerprint density at radius 1 is 1.18 bits per heavy atom. The normalized spacial score (nSPS) is 11.7. The molecule has 178 valence electrons. The van der Waals surface area contributed by atoms with Crippen LogP contribution in [0.15, 0.2) is 41.6 Å². The van der Waals surface area contributed by atoms with Gasteiger partial charge in [0.15, 0.2) is 11.0 Å². The molecule has 1 atom stereocenters. The van der Waals surface area contributed by atoms with Crippen LogP contribution < -0.4 is 10.6 Å². The fraction of sp³-hybridized carbons (Fsp3) is 0.238. The van der Waals surface area contributed by atoms with Crippen molar-refractivity contribution in [3.8, 4) is 0 Å². The predicted molar refractivity (Wildman–Crippen MR) is 131 cm³/mol. The first-order valence-electron chi connectivity index (χ1n) is 9.89. The Morgan fingerprint density at radius 3 is 2.56 bits per heavy atom. The number of aromatic nitrogens is 3. The van der Waals surface area contributed by atoms with Gasteiger partial charge in [-0.25, -0.2) is 0 Å². The topological polar surface area (TPSA) is 132 Å². The smallest absolute Gasteiger partial charge is 0.269 e. The summed E-state index contributed by atoms with van der Waals surface area (Å²) in [6.07, 6.45) is 0. The lowest BCUT2D eigenvalue weighted by Crippen LogP contribution is -2.28. The summed E-state index contributed by atoms with van der Waals surface area (Å²) in [6, 6.07) is 8.35. The van der Waals surface area contributed by atoms with Crippen LogP contribution >= 0.6 is 35.0 Å². The molecule has 34 heavy (non-hydrogen) atoms. The Labute approximate surface area is 209 Å². The molecule has 2 aromatic carbocycles. The Bertz CT molecular complexity index is 1270. The maximum absolute atomic E-state index is 12.5. The molecule has 0 fully saturated rings. The van der Waals surface area contributed by atoms with Gasteiger partial charge in [0, 0.05) is 30.4 Å². The van der Waals surface area contributed by atoms with Crippen molar-refractivity contribution in [3.05, 3.63) is 73.5 Å². The molecule has 0 spiro atoms. The molecule has 0 saturated carbocycles. The molecular weight excluding hydrogens is 503 g/mol. The van der Waals surface area contributed by atoms with Crippen molar-refractivity contribution in [1.82, 2.24) is 20.1 Å². The van der Waals surface area contributed by atoms with E-state index < -0.39 is 11.0 Å². The summed E-state index contributed by atoms with van der Waals surface area (Å²) in [6.45, 7) is 3.44. The van der Waals surface area contributed by atoms with Crippen molar-refractivity contribution in [2.24, 2.45) is 7.05 Å². The van der Waals surface area contributed by atoms with Crippen molar-refractivity contribution in [2.75, 3.05) is 11.1 Å². The maximum atomic E-state index is 12.5. The number of carbonyl (C=O) groups is 2. The zero-order chi connectivity index (χ0) is 25.0. The van der Waals surface area contributed by atoms with Crippen LogP contribution in [0.3, 0.4) is 0 Å². The van der Waals surface area contributed by atoms with Crippen molar-refractivity contribution < 1.29 is 14.5 Å². The third-order valence-electron chi connectivity index (χ3n) is 4.81. The number of hydrogen-bond acceptors (Lipinski definition) is 7. The number of rotatable bonds is 8. The second-order valence-corrected chi connectivity index (χ2v) is 9.07. The van der Waals surface area contributed by atoms with Crippen LogP contribution in [0, 0.1) is 17.0 Å². The molecule has 10 nitrogen and oxygen atoms in total. The highest BCUT2D eigenvalue weighted by Gasteiger charge is 2.20. The Kier molecular flexibility index (Phi) is 8.13. The number of benzene rings is 2. The van der Waals surface area contributed by atoms with Crippen molar-refractivity contribution in [3.63, 3.8) is 0 Å². The minimum atomic E-state index is -0.492. The first-order chi connectivity index (χ1) is 16.1. The summed E-state index contributed by atoms with van der Waals surface area (Å²) >= 11 is 13.0. The molecule has 0 aliphatic rings. The first-order valence-corrected chi connectivity index (χ1v) is 11.6. The number of nitrogens with zero attached hydrogens (tertiary/aromatic N) is 4. The third-order valence-corrected chi connectivity index (χ3v) is 6.57. The second-order valence-electron chi connectivity index (χ2n) is 7.32. The molecule has 0 radical (unpaired) electrons. The summed E-state index contributed by atoms with van der Waals surface area (Å²) in [4.78, 5) is 35.2. The Morgan fingerprint density at radius 2 is 1.91 bits per heavy atom. The van der Waals surface area contributed by atoms with Crippen LogP contribution in [-0.2, 0) is 11.8 Å². The van der Waals surface area contributed by atoms with Gasteiger partial charge in [-0.15, -0.1) is 10.2 Å². The van der Waals surface area contributed by atoms with Crippen LogP contribution in [0.25, 0.3) is 0 Å². The number of non-ortho nitro benzene ring substituents is 1. The number of nitro benzene ring substituents is 1. The van der Waals surface area contributed by atoms with E-state index in [4.69, 9.17) is 23.2 Å². The number of thioether (sulfide) groups is 1. The zero-order valence-corrected chi connectivity index (χ0v) is 20.7. The van der Waals surface area contributed by atoms with E-state index in [0.717, 1.165) is 0 Å². The largest absolute Gasteiger partial charge is 0.342 e. The van der Waals surface area contributed by atoms with Gasteiger partial charge in [-0.1, -0.05) is 35.0 Å². The maximum Gasteiger partial charge on any atom is 0.269 e. The van der Waals surface area contributed by atoms with E-state index in [1.807, 2.05) is 0 Å². The average Bonchev–Trinajstić information content (AvgIpc) is 3.15. The van der Waals surface area contributed by atoms with E-state index in [1.54, 1.807) is 37.6 Å². The van der Waals surface area contributed by atoms with E-state index in [0.29, 0.717) is 32.8 Å². The quantitative estimate of drug-likeness (QED) is 0.251. The van der Waals surface area contributed by atoms with E-state index in [-0.39, 0.29) is 28.3 Å². The van der Waals surface area contributed by atoms with Crippen LogP contribution in [0.5, 0.6) is 0 Å². The highest BCUT2D eigenvalue weighted by Crippen LogP contribution is 2.24. The van der Waals surface area contributed by atoms with Crippen LogP contribution in [0.4, 0.5) is 11.4 Å². The molecule has 0 aliphatic carbocycles. The predicted octanol–water partition coefficient (Wildman–Crippen LogP) is 4.56. The number of aryl methyl sites for hydroxylation is 1. The summed E-state index contributed by atoms with van der Waals surface area (Å²) in [5.41, 5.74) is 1.39. The minimum Gasteiger partial charge on any atom is -0.342 e. The van der Waals surface area contributed by atoms with Gasteiger partial charge >= 0.3 is 0 Å². The van der Waals surface area contributed by atoms with Gasteiger partial charge < -0.3 is 15.2 Å². The number of nitrogens with one attached hydrogen (secondary N) is 2. The van der Waals surface area contributed by atoms with Crippen LogP contribution in [0.2, 0.25) is 10.0 Å². The highest BCUT2D eigenvalue weighted by molar-refractivity contribution is 7.99. The number of halogens is 2. The van der Waals surface area contributed by atoms with Crippen LogP contribution in [-0.4, -0.2) is 37.3 Å². The molecule has 3 aromatic rings. The van der Waals surface area contributed by atoms with Crippen molar-refractivity contribution >= 4 is 58.2 Å². The summed E-state index contributed by atoms with van der Waals surface area (Å²) in [7, 11) is 1.73. The monoisotopic (exact) mass is 522 g/mol. The van der Waals surface area contributed by atoms with E-state index >= 15 is 0 Å². The zero-order valence-electron chi connectivity index (χ0n) is 18.3. The Hall–Kier alpha value is -3.15. The van der Waals surface area contributed by atoms with E-state index in [9.17, 15) is 19.7 Å². The lowest BCUT2D eigenvalue weighted by atomic mass is 10.2. The van der Waals surface area contributed by atoms with Gasteiger partial charge in [-0.3, -0.25) is 19.7 Å². The molecule has 2 N–H and O–H groups in total. The second kappa shape index (κ2) is 10.9. The molecule has 3 rings (SSSR count). The minimum absolute atomic E-state index is 0.0446. The Balaban J connectivity index is 1.59. The van der Waals surface area contributed by atoms with Gasteiger partial charge in [0.05, 0.1) is 26.8 Å². The van der Waals surface area contributed by atoms with Gasteiger partial charge in [-0.2, -0.15) is 0 Å². The van der Waals surface area contributed by atoms with Gasteiger partial charge in [0.2, 0.25) is 5.91 Å². The molecule has 0 saturated heterocycles. The number of nitro groups is 1. The third kappa shape index (κ3) is 6.04. The van der Waals surface area contributed by atoms with Crippen molar-refractivity contribution in [1.29, 1.82) is 0 Å². The lowest BCUT2D eigenvalue weighted by Gasteiger charge is -2.14. The molecule has 1 unspecified atom stereocenters. The molecule has 0 bridgehead atoms. The van der Waals surface area contributed by atoms with Gasteiger partial charge in [-0.05, 0) is 43.7 Å². The number of hydrogen-bond donors (Lipinski definition) is 2. The van der Waals surface area contributed by atoms with E-state index in [1.165, 1.54) is 36.0 Å². The standard InChI is InChI=1S/C21H20Cl2N6O4S/c1-11-8-14(29(32)33)5-7-17(11)25-18(30)10-34-21-27-26-19(28(21)3)12(2)24-20(31)13-4-6-15(22)16(23)9-13/h4-9,12H,10H2,1-3H3,(H,24,31)(H,25,30). The summed E-state index contributed by atoms with van der Waals surface area (Å²) in [5.74, 6) is -0.0945. The number of carbonyl (C=O) groups excluding carboxylic acids is 2. The number of anilines is 1.